The normalized spacial score (nSPS) is 20.6. The predicted molar refractivity (Wildman–Crippen MR) is 118 cm³/mol. The zero-order valence-corrected chi connectivity index (χ0v) is 18.0. The smallest absolute Gasteiger partial charge is 0.251 e. The van der Waals surface area contributed by atoms with Crippen molar-refractivity contribution < 1.29 is 4.79 Å². The number of nitrogens with one attached hydrogen (secondary N) is 2. The highest BCUT2D eigenvalue weighted by atomic mass is 35.5. The van der Waals surface area contributed by atoms with E-state index in [0.717, 1.165) is 25.2 Å². The van der Waals surface area contributed by atoms with Gasteiger partial charge in [0.05, 0.1) is 0 Å². The molecule has 0 aromatic heterocycles. The monoisotopic (exact) mass is 415 g/mol. The minimum Gasteiger partial charge on any atom is -0.352 e. The summed E-state index contributed by atoms with van der Waals surface area (Å²) in [4.78, 5) is 15.1. The van der Waals surface area contributed by atoms with E-state index in [1.807, 2.05) is 12.1 Å². The molecule has 0 radical (unpaired) electrons. The summed E-state index contributed by atoms with van der Waals surface area (Å²) >= 11 is 0. The van der Waals surface area contributed by atoms with Crippen LogP contribution in [0.15, 0.2) is 24.3 Å². The Balaban J connectivity index is 0.00000182. The van der Waals surface area contributed by atoms with Crippen LogP contribution in [0.25, 0.3) is 0 Å². The number of rotatable bonds is 7. The number of hydrogen-bond donors (Lipinski definition) is 2. The van der Waals surface area contributed by atoms with Crippen molar-refractivity contribution in [3.63, 3.8) is 0 Å². The number of benzene rings is 1. The van der Waals surface area contributed by atoms with Crippen LogP contribution >= 0.6 is 24.8 Å². The van der Waals surface area contributed by atoms with E-state index < -0.39 is 0 Å². The molecule has 2 heterocycles. The first-order valence-electron chi connectivity index (χ1n) is 10.1. The third-order valence-electron chi connectivity index (χ3n) is 5.77. The summed E-state index contributed by atoms with van der Waals surface area (Å²) in [6, 6.07) is 8.20. The van der Waals surface area contributed by atoms with Crippen molar-refractivity contribution in [1.29, 1.82) is 0 Å². The molecule has 2 fully saturated rings. The lowest BCUT2D eigenvalue weighted by Gasteiger charge is -2.31. The first kappa shape index (κ1) is 24.2. The van der Waals surface area contributed by atoms with Gasteiger partial charge in [0.1, 0.15) is 0 Å². The van der Waals surface area contributed by atoms with Gasteiger partial charge in [0, 0.05) is 18.7 Å². The number of nitrogens with zero attached hydrogens (tertiary/aromatic N) is 1. The van der Waals surface area contributed by atoms with Gasteiger partial charge >= 0.3 is 0 Å². The molecule has 1 aromatic carbocycles. The second kappa shape index (κ2) is 12.6. The van der Waals surface area contributed by atoms with Crippen molar-refractivity contribution in [3.05, 3.63) is 35.4 Å². The third-order valence-corrected chi connectivity index (χ3v) is 5.77. The average molecular weight is 416 g/mol. The number of carbonyl (C=O) groups is 1. The standard InChI is InChI=1S/C21H33N3O.2ClH/c1-2-3-11-24-12-8-17(9-13-24)15-23-21(25)19-6-4-5-18(14-19)20-7-10-22-16-20;;/h4-6,14,17,20,22H,2-3,7-13,15-16H2,1H3,(H,23,25);2*1H. The average Bonchev–Trinajstić information content (AvgIpc) is 3.20. The van der Waals surface area contributed by atoms with Crippen molar-refractivity contribution in [2.24, 2.45) is 5.92 Å². The fourth-order valence-electron chi connectivity index (χ4n) is 4.01. The molecule has 1 atom stereocenters. The van der Waals surface area contributed by atoms with E-state index in [-0.39, 0.29) is 30.7 Å². The van der Waals surface area contributed by atoms with Crippen LogP contribution in [-0.2, 0) is 0 Å². The number of amides is 1. The van der Waals surface area contributed by atoms with E-state index >= 15 is 0 Å². The van der Waals surface area contributed by atoms with E-state index in [1.54, 1.807) is 0 Å². The minimum atomic E-state index is 0. The molecule has 1 unspecified atom stereocenters. The molecule has 4 nitrogen and oxygen atoms in total. The molecule has 0 bridgehead atoms. The number of piperidine rings is 1. The molecule has 2 aliphatic rings. The number of hydrogen-bond acceptors (Lipinski definition) is 3. The lowest BCUT2D eigenvalue weighted by atomic mass is 9.95. The van der Waals surface area contributed by atoms with Crippen molar-refractivity contribution in [1.82, 2.24) is 15.5 Å². The highest BCUT2D eigenvalue weighted by Gasteiger charge is 2.20. The lowest BCUT2D eigenvalue weighted by Crippen LogP contribution is -2.39. The first-order valence-corrected chi connectivity index (χ1v) is 10.1. The van der Waals surface area contributed by atoms with Crippen LogP contribution < -0.4 is 10.6 Å². The molecule has 154 valence electrons. The van der Waals surface area contributed by atoms with E-state index in [0.29, 0.717) is 11.8 Å². The molecule has 0 spiro atoms. The maximum atomic E-state index is 12.5. The topological polar surface area (TPSA) is 44.4 Å². The first-order chi connectivity index (χ1) is 12.3. The zero-order chi connectivity index (χ0) is 17.5. The molecule has 6 heteroatoms. The summed E-state index contributed by atoms with van der Waals surface area (Å²) in [6.07, 6.45) is 6.15. The van der Waals surface area contributed by atoms with E-state index in [1.165, 1.54) is 57.3 Å². The highest BCUT2D eigenvalue weighted by molar-refractivity contribution is 5.94. The Morgan fingerprint density at radius 1 is 1.22 bits per heavy atom. The maximum Gasteiger partial charge on any atom is 0.251 e. The Kier molecular flexibility index (Phi) is 11.3. The Bertz CT molecular complexity index is 556. The van der Waals surface area contributed by atoms with Crippen LogP contribution in [0, 0.1) is 5.92 Å². The van der Waals surface area contributed by atoms with Crippen LogP contribution in [-0.4, -0.2) is 50.1 Å². The van der Waals surface area contributed by atoms with Gasteiger partial charge in [-0.05, 0) is 81.4 Å². The molecule has 2 aliphatic heterocycles. The Morgan fingerprint density at radius 3 is 2.67 bits per heavy atom. The SMILES string of the molecule is CCCCN1CCC(CNC(=O)c2cccc(C3CCNC3)c2)CC1.Cl.Cl. The van der Waals surface area contributed by atoms with Gasteiger partial charge in [-0.15, -0.1) is 24.8 Å². The van der Waals surface area contributed by atoms with E-state index in [4.69, 9.17) is 0 Å². The summed E-state index contributed by atoms with van der Waals surface area (Å²) in [5, 5.41) is 6.57. The molecule has 2 N–H and O–H groups in total. The number of carbonyl (C=O) groups excluding carboxylic acids is 1. The van der Waals surface area contributed by atoms with Crippen LogP contribution in [0.3, 0.4) is 0 Å². The summed E-state index contributed by atoms with van der Waals surface area (Å²) in [7, 11) is 0. The van der Waals surface area contributed by atoms with Gasteiger partial charge in [0.15, 0.2) is 0 Å². The molecule has 0 saturated carbocycles. The van der Waals surface area contributed by atoms with Gasteiger partial charge in [0.25, 0.3) is 5.91 Å². The van der Waals surface area contributed by atoms with Gasteiger partial charge in [-0.2, -0.15) is 0 Å². The second-order valence-corrected chi connectivity index (χ2v) is 7.66. The molecule has 2 saturated heterocycles. The van der Waals surface area contributed by atoms with Crippen molar-refractivity contribution in [3.8, 4) is 0 Å². The van der Waals surface area contributed by atoms with Gasteiger partial charge in [0.2, 0.25) is 0 Å². The van der Waals surface area contributed by atoms with Crippen LogP contribution in [0.2, 0.25) is 0 Å². The van der Waals surface area contributed by atoms with E-state index in [9.17, 15) is 4.79 Å². The van der Waals surface area contributed by atoms with Crippen LogP contribution in [0.5, 0.6) is 0 Å². The maximum absolute atomic E-state index is 12.5. The van der Waals surface area contributed by atoms with E-state index in [2.05, 4.69) is 34.6 Å². The van der Waals surface area contributed by atoms with Gasteiger partial charge in [-0.25, -0.2) is 0 Å². The number of likely N-dealkylation sites (tertiary alicyclic amines) is 1. The zero-order valence-electron chi connectivity index (χ0n) is 16.4. The molecular weight excluding hydrogens is 381 g/mol. The highest BCUT2D eigenvalue weighted by Crippen LogP contribution is 2.23. The van der Waals surface area contributed by atoms with Crippen molar-refractivity contribution in [2.75, 3.05) is 39.3 Å². The Labute approximate surface area is 176 Å². The van der Waals surface area contributed by atoms with Gasteiger partial charge in [-0.3, -0.25) is 4.79 Å². The Morgan fingerprint density at radius 2 is 2.00 bits per heavy atom. The second-order valence-electron chi connectivity index (χ2n) is 7.66. The summed E-state index contributed by atoms with van der Waals surface area (Å²) in [6.45, 7) is 8.78. The van der Waals surface area contributed by atoms with Crippen molar-refractivity contribution >= 4 is 30.7 Å². The molecule has 1 amide bonds. The summed E-state index contributed by atoms with van der Waals surface area (Å²) in [5.41, 5.74) is 2.10. The predicted octanol–water partition coefficient (Wildman–Crippen LogP) is 3.85. The molecule has 3 rings (SSSR count). The fraction of sp³-hybridized carbons (Fsp3) is 0.667. The number of halogens is 2. The summed E-state index contributed by atoms with van der Waals surface area (Å²) < 4.78 is 0. The quantitative estimate of drug-likeness (QED) is 0.710. The largest absolute Gasteiger partial charge is 0.352 e. The molecule has 0 aliphatic carbocycles. The molecule has 1 aromatic rings. The molecule has 27 heavy (non-hydrogen) atoms. The lowest BCUT2D eigenvalue weighted by molar-refractivity contribution is 0.0936. The minimum absolute atomic E-state index is 0. The summed E-state index contributed by atoms with van der Waals surface area (Å²) in [5.74, 6) is 1.27. The van der Waals surface area contributed by atoms with Crippen LogP contribution in [0.1, 0.15) is 60.9 Å². The fourth-order valence-corrected chi connectivity index (χ4v) is 4.01. The molecular formula is C21H35Cl2N3O. The van der Waals surface area contributed by atoms with Gasteiger partial charge < -0.3 is 15.5 Å². The van der Waals surface area contributed by atoms with Crippen LogP contribution in [0.4, 0.5) is 0 Å². The Hall–Kier alpha value is -0.810. The van der Waals surface area contributed by atoms with Crippen molar-refractivity contribution in [2.45, 2.75) is 44.9 Å². The third kappa shape index (κ3) is 7.26. The van der Waals surface area contributed by atoms with Gasteiger partial charge in [-0.1, -0.05) is 25.5 Å². The number of unbranched alkanes of at least 4 members (excludes halogenated alkanes) is 1.